The number of hydrogen-bond acceptors (Lipinski definition) is 5. The first kappa shape index (κ1) is 18.8. The van der Waals surface area contributed by atoms with E-state index in [-0.39, 0.29) is 25.5 Å². The Morgan fingerprint density at radius 3 is 2.85 bits per heavy atom. The number of fused-ring (bicyclic) bond motifs is 1. The minimum absolute atomic E-state index is 0.119. The van der Waals surface area contributed by atoms with Gasteiger partial charge in [0.05, 0.1) is 23.9 Å². The van der Waals surface area contributed by atoms with Gasteiger partial charge in [-0.1, -0.05) is 29.0 Å². The zero-order chi connectivity index (χ0) is 19.1. The van der Waals surface area contributed by atoms with Crippen LogP contribution < -0.4 is 9.47 Å². The highest BCUT2D eigenvalue weighted by atomic mass is 32.2. The molecule has 0 aliphatic carbocycles. The Labute approximate surface area is 161 Å². The molecule has 0 amide bonds. The first-order chi connectivity index (χ1) is 13.2. The standard InChI is InChI=1S/C19H20N5O2S/c1-23-16-4-2-3-5-17(16)27-18(23)14-15-6-10-24(11-7-15)12-8-19(25)26-13-9-21-22-20/h2-7,10-11,14H,8-9,12-13H2,1H3/q+1. The molecular weight excluding hydrogens is 362 g/mol. The molecule has 0 N–H and O–H groups in total. The summed E-state index contributed by atoms with van der Waals surface area (Å²) in [6.07, 6.45) is 6.33. The highest BCUT2D eigenvalue weighted by molar-refractivity contribution is 8.03. The first-order valence-electron chi connectivity index (χ1n) is 8.55. The number of pyridine rings is 1. The summed E-state index contributed by atoms with van der Waals surface area (Å²) < 4.78 is 6.93. The van der Waals surface area contributed by atoms with E-state index in [0.29, 0.717) is 6.54 Å². The molecule has 2 heterocycles. The van der Waals surface area contributed by atoms with Gasteiger partial charge in [0.1, 0.15) is 6.42 Å². The highest BCUT2D eigenvalue weighted by Gasteiger charge is 2.21. The second-order valence-electron chi connectivity index (χ2n) is 5.91. The van der Waals surface area contributed by atoms with Gasteiger partial charge in [-0.2, -0.15) is 0 Å². The zero-order valence-electron chi connectivity index (χ0n) is 15.0. The number of rotatable bonds is 7. The second kappa shape index (κ2) is 9.12. The van der Waals surface area contributed by atoms with Gasteiger partial charge in [0.2, 0.25) is 0 Å². The maximum atomic E-state index is 11.6. The third-order valence-corrected chi connectivity index (χ3v) is 5.24. The van der Waals surface area contributed by atoms with E-state index in [1.807, 2.05) is 35.2 Å². The molecule has 8 heteroatoms. The van der Waals surface area contributed by atoms with E-state index in [1.54, 1.807) is 11.8 Å². The number of azide groups is 1. The van der Waals surface area contributed by atoms with Crippen molar-refractivity contribution in [1.29, 1.82) is 0 Å². The zero-order valence-corrected chi connectivity index (χ0v) is 15.8. The number of carbonyl (C=O) groups excluding carboxylic acids is 1. The molecule has 138 valence electrons. The summed E-state index contributed by atoms with van der Waals surface area (Å²) in [5.74, 6) is -0.302. The van der Waals surface area contributed by atoms with Crippen LogP contribution in [0.2, 0.25) is 0 Å². The number of esters is 1. The number of nitrogens with zero attached hydrogens (tertiary/aromatic N) is 5. The van der Waals surface area contributed by atoms with Crippen LogP contribution in [0.1, 0.15) is 12.0 Å². The van der Waals surface area contributed by atoms with E-state index in [1.165, 1.54) is 15.6 Å². The van der Waals surface area contributed by atoms with Gasteiger partial charge < -0.3 is 9.64 Å². The number of aryl methyl sites for hydroxylation is 1. The summed E-state index contributed by atoms with van der Waals surface area (Å²) in [6.45, 7) is 0.819. The Morgan fingerprint density at radius 2 is 2.11 bits per heavy atom. The number of aromatic nitrogens is 1. The van der Waals surface area contributed by atoms with Crippen LogP contribution in [0.15, 0.2) is 63.8 Å². The Bertz CT molecular complexity index is 891. The van der Waals surface area contributed by atoms with Crippen LogP contribution in [0.4, 0.5) is 5.69 Å². The monoisotopic (exact) mass is 382 g/mol. The van der Waals surface area contributed by atoms with Crippen LogP contribution in [0.3, 0.4) is 0 Å². The quantitative estimate of drug-likeness (QED) is 0.182. The number of para-hydroxylation sites is 1. The minimum atomic E-state index is -0.302. The molecule has 1 aromatic carbocycles. The van der Waals surface area contributed by atoms with Crippen LogP contribution in [0, 0.1) is 0 Å². The Kier molecular flexibility index (Phi) is 6.35. The number of anilines is 1. The summed E-state index contributed by atoms with van der Waals surface area (Å²) in [5, 5.41) is 4.50. The van der Waals surface area contributed by atoms with Gasteiger partial charge in [-0.25, -0.2) is 4.57 Å². The molecule has 0 unspecified atom stereocenters. The number of carbonyl (C=O) groups is 1. The predicted molar refractivity (Wildman–Crippen MR) is 105 cm³/mol. The highest BCUT2D eigenvalue weighted by Crippen LogP contribution is 2.45. The molecule has 0 bridgehead atoms. The van der Waals surface area contributed by atoms with Crippen molar-refractivity contribution in [1.82, 2.24) is 0 Å². The summed E-state index contributed by atoms with van der Waals surface area (Å²) >= 11 is 1.76. The van der Waals surface area contributed by atoms with E-state index in [9.17, 15) is 4.79 Å². The van der Waals surface area contributed by atoms with Crippen molar-refractivity contribution in [2.75, 3.05) is 25.1 Å². The van der Waals surface area contributed by atoms with Crippen molar-refractivity contribution in [3.05, 3.63) is 69.8 Å². The SMILES string of the molecule is CN1/C(=C/c2cc[n+](CCC(=O)OCCN=[N+]=[N-])cc2)Sc2ccccc21. The number of ether oxygens (including phenoxy) is 1. The summed E-state index contributed by atoms with van der Waals surface area (Å²) in [4.78, 5) is 17.7. The molecule has 27 heavy (non-hydrogen) atoms. The summed E-state index contributed by atoms with van der Waals surface area (Å²) in [6, 6.07) is 12.4. The average Bonchev–Trinajstić information content (AvgIpc) is 3.00. The molecule has 0 spiro atoms. The van der Waals surface area contributed by atoms with E-state index in [2.05, 4.69) is 46.2 Å². The largest absolute Gasteiger partial charge is 0.465 e. The number of benzene rings is 1. The lowest BCUT2D eigenvalue weighted by Crippen LogP contribution is -2.34. The molecule has 0 saturated heterocycles. The Hall–Kier alpha value is -2.96. The minimum Gasteiger partial charge on any atom is -0.465 e. The maximum absolute atomic E-state index is 11.6. The van der Waals surface area contributed by atoms with Crippen molar-refractivity contribution in [2.24, 2.45) is 5.11 Å². The first-order valence-corrected chi connectivity index (χ1v) is 9.37. The third-order valence-electron chi connectivity index (χ3n) is 4.07. The van der Waals surface area contributed by atoms with Gasteiger partial charge >= 0.3 is 5.97 Å². The lowest BCUT2D eigenvalue weighted by atomic mass is 10.2. The van der Waals surface area contributed by atoms with Crippen LogP contribution >= 0.6 is 11.8 Å². The van der Waals surface area contributed by atoms with Crippen molar-refractivity contribution in [3.8, 4) is 0 Å². The van der Waals surface area contributed by atoms with Crippen LogP contribution in [-0.4, -0.2) is 26.2 Å². The van der Waals surface area contributed by atoms with Gasteiger partial charge in [-0.15, -0.1) is 0 Å². The molecular formula is C19H20N5O2S+. The summed E-state index contributed by atoms with van der Waals surface area (Å²) in [5.41, 5.74) is 10.5. The Balaban J connectivity index is 1.54. The molecule has 0 atom stereocenters. The van der Waals surface area contributed by atoms with Gasteiger partial charge in [0.15, 0.2) is 18.9 Å². The molecule has 2 aromatic rings. The van der Waals surface area contributed by atoms with E-state index >= 15 is 0 Å². The van der Waals surface area contributed by atoms with Crippen molar-refractivity contribution < 1.29 is 14.1 Å². The molecule has 7 nitrogen and oxygen atoms in total. The smallest absolute Gasteiger partial charge is 0.312 e. The molecule has 1 aliphatic rings. The van der Waals surface area contributed by atoms with E-state index in [0.717, 1.165) is 5.56 Å². The van der Waals surface area contributed by atoms with Crippen molar-refractivity contribution in [2.45, 2.75) is 17.9 Å². The predicted octanol–water partition coefficient (Wildman–Crippen LogP) is 3.76. The third kappa shape index (κ3) is 5.03. The molecule has 1 aliphatic heterocycles. The molecule has 0 saturated carbocycles. The molecule has 0 fully saturated rings. The molecule has 1 aromatic heterocycles. The van der Waals surface area contributed by atoms with Gasteiger partial charge in [-0.05, 0) is 29.3 Å². The van der Waals surface area contributed by atoms with Gasteiger partial charge in [-0.3, -0.25) is 4.79 Å². The molecule has 0 radical (unpaired) electrons. The number of thioether (sulfide) groups is 1. The van der Waals surface area contributed by atoms with Crippen molar-refractivity contribution in [3.63, 3.8) is 0 Å². The molecule has 3 rings (SSSR count). The average molecular weight is 382 g/mol. The Morgan fingerprint density at radius 1 is 1.33 bits per heavy atom. The van der Waals surface area contributed by atoms with Gasteiger partial charge in [0, 0.05) is 29.0 Å². The van der Waals surface area contributed by atoms with E-state index in [4.69, 9.17) is 10.3 Å². The lowest BCUT2D eigenvalue weighted by Gasteiger charge is -2.13. The van der Waals surface area contributed by atoms with Gasteiger partial charge in [0.25, 0.3) is 0 Å². The fourth-order valence-electron chi connectivity index (χ4n) is 2.64. The topological polar surface area (TPSA) is 82.2 Å². The fourth-order valence-corrected chi connectivity index (χ4v) is 3.75. The second-order valence-corrected chi connectivity index (χ2v) is 6.97. The lowest BCUT2D eigenvalue weighted by molar-refractivity contribution is -0.696. The maximum Gasteiger partial charge on any atom is 0.312 e. The number of hydrogen-bond donors (Lipinski definition) is 0. The summed E-state index contributed by atoms with van der Waals surface area (Å²) in [7, 11) is 2.07. The van der Waals surface area contributed by atoms with Crippen LogP contribution in [0.25, 0.3) is 16.5 Å². The normalized spacial score (nSPS) is 14.0. The van der Waals surface area contributed by atoms with E-state index < -0.39 is 0 Å². The fraction of sp³-hybridized carbons (Fsp3) is 0.263. The van der Waals surface area contributed by atoms with Crippen LogP contribution in [-0.2, 0) is 16.1 Å². The van der Waals surface area contributed by atoms with Crippen LogP contribution in [0.5, 0.6) is 0 Å². The van der Waals surface area contributed by atoms with Crippen molar-refractivity contribution >= 4 is 29.5 Å².